The zero-order chi connectivity index (χ0) is 68.6. The number of carbonyl (C=O) groups is 6. The van der Waals surface area contributed by atoms with Gasteiger partial charge in [-0.05, 0) is 113 Å². The molecule has 0 aliphatic carbocycles. The van der Waals surface area contributed by atoms with Crippen LogP contribution in [0, 0.1) is 0 Å². The molecular formula is C62H60BBrN6O23. The monoisotopic (exact) mass is 1350 g/mol. The fourth-order valence-corrected chi connectivity index (χ4v) is 8.32. The number of methoxy groups -OCH3 is 3. The normalized spacial score (nSPS) is 10.8. The number of aromatic nitrogens is 3. The minimum absolute atomic E-state index is 0.0700. The molecule has 0 radical (unpaired) electrons. The number of hydrogen-bond donors (Lipinski definition) is 9. The number of aromatic hydroxyl groups is 3. The van der Waals surface area contributed by atoms with Gasteiger partial charge in [-0.2, -0.15) is 0 Å². The predicted octanol–water partition coefficient (Wildman–Crippen LogP) is 5.13. The number of nitrogens with one attached hydrogen (secondary N) is 3. The molecule has 486 valence electrons. The van der Waals surface area contributed by atoms with Gasteiger partial charge >= 0.3 is 41.9 Å². The summed E-state index contributed by atoms with van der Waals surface area (Å²) in [6, 6.07) is 24.1. The number of aliphatic carboxylic acids is 1. The van der Waals surface area contributed by atoms with E-state index in [1.54, 1.807) is 109 Å². The summed E-state index contributed by atoms with van der Waals surface area (Å²) in [5.74, 6) is -5.79. The molecule has 0 atom stereocenters. The Morgan fingerprint density at radius 3 is 1.13 bits per heavy atom. The highest BCUT2D eigenvalue weighted by atomic mass is 79.9. The van der Waals surface area contributed by atoms with Crippen molar-refractivity contribution in [3.63, 3.8) is 0 Å². The van der Waals surface area contributed by atoms with Crippen molar-refractivity contribution in [2.45, 2.75) is 52.7 Å². The topological polar surface area (TPSA) is 435 Å². The number of carbonyl (C=O) groups excluding carboxylic acids is 5. The van der Waals surface area contributed by atoms with Gasteiger partial charge in [0.1, 0.15) is 64.8 Å². The number of halogens is 1. The van der Waals surface area contributed by atoms with E-state index in [1.807, 2.05) is 5.32 Å². The third kappa shape index (κ3) is 19.4. The summed E-state index contributed by atoms with van der Waals surface area (Å²) in [4.78, 5) is 119. The standard InChI is InChI=1S/C22H22N2O7.C18H14N2O7.C16H16BrNO6.C6H8BNO3/c1-22(2,3)31-17(25)11-24-20(27)18-19(26)14-7-5-12(9-15(14)30-21(18)28)13-6-8-16(29-4)23-10-13;1-26-13-5-3-10(7-19-13)9-2-4-11-12(6-9)27-18(25)15(16(11)23)17(24)20-8-14(21)22;1-16(2,3)24-11(19)7-18-14(21)12-13(20)9-5-4-8(17)6-10(9)23-15(12)22;1-11-6-3-2-5(4-8-6)7(9)10/h5-10,26H,11H2,1-4H3,(H,24,27);2-7,23H,8H2,1H3,(H,20,24)(H,21,22);4-6,20H,7H2,1-3H3,(H,18,21);2-4,9-10H,1H3. The van der Waals surface area contributed by atoms with E-state index >= 15 is 0 Å². The van der Waals surface area contributed by atoms with Crippen molar-refractivity contribution in [2.24, 2.45) is 0 Å². The van der Waals surface area contributed by atoms with Crippen molar-refractivity contribution >= 4 is 97.0 Å². The van der Waals surface area contributed by atoms with Gasteiger partial charge in [0.05, 0.1) is 37.5 Å². The Hall–Kier alpha value is -11.2. The first-order chi connectivity index (χ1) is 43.8. The second-order valence-corrected chi connectivity index (χ2v) is 22.1. The summed E-state index contributed by atoms with van der Waals surface area (Å²) < 4.78 is 41.0. The Balaban J connectivity index is 0.000000206. The maximum absolute atomic E-state index is 12.4. The van der Waals surface area contributed by atoms with Crippen LogP contribution in [0.5, 0.6) is 34.9 Å². The summed E-state index contributed by atoms with van der Waals surface area (Å²) in [6.45, 7) is 8.53. The van der Waals surface area contributed by atoms with Gasteiger partial charge in [-0.25, -0.2) is 29.3 Å². The SMILES string of the molecule is CC(C)(C)OC(=O)CNC(=O)c1c(O)c2ccc(Br)cc2oc1=O.COc1ccc(-c2ccc3c(O)c(C(=O)NCC(=O)O)c(=O)oc3c2)cn1.COc1ccc(-c2ccc3c(O)c(C(=O)NCC(=O)OC(C)(C)C)c(=O)oc3c2)cn1.COc1ccc(B(O)O)cn1. The second-order valence-electron chi connectivity index (χ2n) is 21.2. The van der Waals surface area contributed by atoms with Crippen LogP contribution in [0.4, 0.5) is 0 Å². The molecule has 0 saturated carbocycles. The minimum atomic E-state index is -1.46. The summed E-state index contributed by atoms with van der Waals surface area (Å²) in [7, 11) is 3.04. The molecule has 93 heavy (non-hydrogen) atoms. The van der Waals surface area contributed by atoms with Crippen LogP contribution < -0.4 is 52.5 Å². The third-order valence-electron chi connectivity index (χ3n) is 12.1. The molecule has 0 aliphatic rings. The Bertz CT molecular complexity index is 4430. The first-order valence-electron chi connectivity index (χ1n) is 27.2. The van der Waals surface area contributed by atoms with Crippen LogP contribution in [0.2, 0.25) is 0 Å². The number of amides is 3. The summed E-state index contributed by atoms with van der Waals surface area (Å²) in [5.41, 5.74) is -2.85. The third-order valence-corrected chi connectivity index (χ3v) is 12.6. The molecule has 0 aliphatic heterocycles. The first-order valence-corrected chi connectivity index (χ1v) is 28.0. The van der Waals surface area contributed by atoms with E-state index in [0.29, 0.717) is 38.7 Å². The van der Waals surface area contributed by atoms with Crippen molar-refractivity contribution in [3.8, 4) is 57.1 Å². The fourth-order valence-electron chi connectivity index (χ4n) is 7.98. The zero-order valence-electron chi connectivity index (χ0n) is 50.9. The van der Waals surface area contributed by atoms with E-state index in [-0.39, 0.29) is 32.9 Å². The molecule has 3 aromatic carbocycles. The van der Waals surface area contributed by atoms with Crippen molar-refractivity contribution in [1.29, 1.82) is 0 Å². The summed E-state index contributed by atoms with van der Waals surface area (Å²) in [5, 5.41) is 64.0. The van der Waals surface area contributed by atoms with E-state index in [0.717, 1.165) is 11.1 Å². The number of pyridine rings is 3. The van der Waals surface area contributed by atoms with Crippen molar-refractivity contribution < 1.29 is 96.2 Å². The van der Waals surface area contributed by atoms with Gasteiger partial charge in [-0.3, -0.25) is 28.8 Å². The van der Waals surface area contributed by atoms with E-state index in [1.165, 1.54) is 63.9 Å². The molecule has 9 aromatic rings. The fraction of sp³-hybridized carbons (Fsp3) is 0.226. The molecule has 31 heteroatoms. The van der Waals surface area contributed by atoms with E-state index < -0.39 is 124 Å². The van der Waals surface area contributed by atoms with Gasteiger partial charge in [-0.15, -0.1) is 0 Å². The van der Waals surface area contributed by atoms with Crippen LogP contribution >= 0.6 is 15.9 Å². The Morgan fingerprint density at radius 2 is 0.817 bits per heavy atom. The van der Waals surface area contributed by atoms with Gasteiger partial charge in [0.15, 0.2) is 16.7 Å². The molecule has 0 unspecified atom stereocenters. The zero-order valence-corrected chi connectivity index (χ0v) is 52.5. The molecule has 9 rings (SSSR count). The van der Waals surface area contributed by atoms with Crippen molar-refractivity contribution in [3.05, 3.63) is 162 Å². The number of rotatable bonds is 15. The van der Waals surface area contributed by atoms with E-state index in [2.05, 4.69) is 41.5 Å². The Labute approximate surface area is 534 Å². The number of nitrogens with zero attached hydrogens (tertiary/aromatic N) is 3. The molecule has 0 bridgehead atoms. The average Bonchev–Trinajstić information content (AvgIpc) is 0.794. The van der Waals surface area contributed by atoms with E-state index in [4.69, 9.17) is 52.1 Å². The quantitative estimate of drug-likeness (QED) is 0.0365. The predicted molar refractivity (Wildman–Crippen MR) is 337 cm³/mol. The molecule has 6 aromatic heterocycles. The Morgan fingerprint density at radius 1 is 0.484 bits per heavy atom. The lowest BCUT2D eigenvalue weighted by molar-refractivity contribution is -0.154. The van der Waals surface area contributed by atoms with Crippen molar-refractivity contribution in [1.82, 2.24) is 30.9 Å². The number of benzene rings is 3. The lowest BCUT2D eigenvalue weighted by atomic mass is 9.82. The number of esters is 2. The van der Waals surface area contributed by atoms with Crippen molar-refractivity contribution in [2.75, 3.05) is 41.0 Å². The summed E-state index contributed by atoms with van der Waals surface area (Å²) >= 11 is 3.22. The second kappa shape index (κ2) is 31.0. The number of ether oxygens (including phenoxy) is 5. The van der Waals surface area contributed by atoms with Gasteiger partial charge in [0.25, 0.3) is 17.7 Å². The molecule has 29 nitrogen and oxygen atoms in total. The van der Waals surface area contributed by atoms with Crippen LogP contribution in [0.1, 0.15) is 72.6 Å². The molecule has 0 saturated heterocycles. The minimum Gasteiger partial charge on any atom is -0.506 e. The number of carboxylic acid groups (broad SMARTS) is 1. The number of fused-ring (bicyclic) bond motifs is 3. The lowest BCUT2D eigenvalue weighted by Gasteiger charge is -2.19. The van der Waals surface area contributed by atoms with Crippen LogP contribution in [0.3, 0.4) is 0 Å². The highest BCUT2D eigenvalue weighted by Crippen LogP contribution is 2.33. The van der Waals surface area contributed by atoms with Crippen LogP contribution in [0.15, 0.2) is 142 Å². The molecule has 0 fully saturated rings. The summed E-state index contributed by atoms with van der Waals surface area (Å²) in [6.07, 6.45) is 4.52. The average molecular weight is 1350 g/mol. The van der Waals surface area contributed by atoms with Gasteiger partial charge in [-0.1, -0.05) is 34.1 Å². The Kier molecular flexibility index (Phi) is 23.7. The maximum atomic E-state index is 12.4. The molecule has 9 N–H and O–H groups in total. The van der Waals surface area contributed by atoms with Crippen LogP contribution in [0.25, 0.3) is 55.2 Å². The van der Waals surface area contributed by atoms with Gasteiger partial charge < -0.3 is 83.4 Å². The van der Waals surface area contributed by atoms with Crippen LogP contribution in [-0.2, 0) is 23.9 Å². The molecule has 3 amide bonds. The molecule has 0 spiro atoms. The molecular weight excluding hydrogens is 1290 g/mol. The number of carboxylic acids is 1. The number of hydrogen-bond acceptors (Lipinski definition) is 25. The highest BCUT2D eigenvalue weighted by Gasteiger charge is 2.26. The van der Waals surface area contributed by atoms with E-state index in [9.17, 15) is 58.5 Å². The maximum Gasteiger partial charge on any atom is 0.490 e. The first kappa shape index (κ1) is 70.9. The van der Waals surface area contributed by atoms with Crippen LogP contribution in [-0.4, -0.2) is 140 Å². The highest BCUT2D eigenvalue weighted by molar-refractivity contribution is 9.10. The smallest absolute Gasteiger partial charge is 0.490 e. The van der Waals surface area contributed by atoms with Gasteiger partial charge in [0.2, 0.25) is 17.6 Å². The largest absolute Gasteiger partial charge is 0.506 e. The molecule has 6 heterocycles. The lowest BCUT2D eigenvalue weighted by Crippen LogP contribution is -2.36. The van der Waals surface area contributed by atoms with Gasteiger partial charge in [0, 0.05) is 51.8 Å².